The average Bonchev–Trinajstić information content (AvgIpc) is 2.23. The van der Waals surface area contributed by atoms with Gasteiger partial charge in [0.15, 0.2) is 23.3 Å². The number of hydrogen-bond acceptors (Lipinski definition) is 0. The molecule has 0 aliphatic carbocycles. The Morgan fingerprint density at radius 2 is 1.27 bits per heavy atom. The summed E-state index contributed by atoms with van der Waals surface area (Å²) in [5.74, 6) is -6.26. The van der Waals surface area contributed by atoms with E-state index in [0.717, 1.165) is 0 Å². The molecule has 15 heavy (non-hydrogen) atoms. The van der Waals surface area contributed by atoms with Crippen LogP contribution in [0.15, 0.2) is 18.2 Å². The van der Waals surface area contributed by atoms with Gasteiger partial charge in [-0.25, -0.2) is 17.6 Å². The van der Waals surface area contributed by atoms with Crippen molar-refractivity contribution >= 4 is 24.1 Å². The molecule has 2 aromatic carbocycles. The fourth-order valence-corrected chi connectivity index (χ4v) is 1.46. The standard InChI is InChI=1S/C10H5BF4/c11-4-1-2-5-6(3-4)8(13)10(15)9(14)7(5)12/h1-3H,11H2. The minimum atomic E-state index is -1.77. The number of rotatable bonds is 0. The van der Waals surface area contributed by atoms with E-state index >= 15 is 0 Å². The van der Waals surface area contributed by atoms with Crippen LogP contribution in [0.4, 0.5) is 17.6 Å². The van der Waals surface area contributed by atoms with Crippen LogP contribution >= 0.6 is 0 Å². The van der Waals surface area contributed by atoms with E-state index < -0.39 is 23.3 Å². The first-order valence-corrected chi connectivity index (χ1v) is 4.24. The summed E-state index contributed by atoms with van der Waals surface area (Å²) in [4.78, 5) is 0. The third-order valence-corrected chi connectivity index (χ3v) is 2.23. The van der Waals surface area contributed by atoms with E-state index in [1.54, 1.807) is 7.85 Å². The second-order valence-corrected chi connectivity index (χ2v) is 3.30. The maximum atomic E-state index is 13.2. The smallest absolute Gasteiger partial charge is 0.198 e. The fraction of sp³-hybridized carbons (Fsp3) is 0. The number of fused-ring (bicyclic) bond motifs is 1. The van der Waals surface area contributed by atoms with Crippen LogP contribution in [0, 0.1) is 23.3 Å². The van der Waals surface area contributed by atoms with Gasteiger partial charge in [-0.05, 0) is 0 Å². The highest BCUT2D eigenvalue weighted by atomic mass is 19.2. The lowest BCUT2D eigenvalue weighted by atomic mass is 9.93. The Labute approximate surface area is 83.9 Å². The Balaban J connectivity index is 3.00. The molecule has 0 radical (unpaired) electrons. The molecular weight excluding hydrogens is 207 g/mol. The van der Waals surface area contributed by atoms with Gasteiger partial charge in [-0.15, -0.1) is 0 Å². The van der Waals surface area contributed by atoms with Crippen molar-refractivity contribution in [3.63, 3.8) is 0 Å². The highest BCUT2D eigenvalue weighted by molar-refractivity contribution is 6.33. The molecule has 0 saturated heterocycles. The predicted octanol–water partition coefficient (Wildman–Crippen LogP) is 1.65. The molecule has 2 aromatic rings. The molecule has 0 bridgehead atoms. The van der Waals surface area contributed by atoms with Crippen LogP contribution in [0.5, 0.6) is 0 Å². The Hall–Kier alpha value is -1.52. The zero-order valence-electron chi connectivity index (χ0n) is 7.74. The van der Waals surface area contributed by atoms with Crippen LogP contribution in [0.3, 0.4) is 0 Å². The van der Waals surface area contributed by atoms with Gasteiger partial charge in [0.25, 0.3) is 0 Å². The molecule has 0 atom stereocenters. The number of halogens is 4. The van der Waals surface area contributed by atoms with Crippen molar-refractivity contribution in [2.45, 2.75) is 0 Å². The summed E-state index contributed by atoms with van der Waals surface area (Å²) in [6.45, 7) is 0. The molecule has 0 aliphatic rings. The Morgan fingerprint density at radius 3 is 1.87 bits per heavy atom. The van der Waals surface area contributed by atoms with Crippen LogP contribution in [0.2, 0.25) is 0 Å². The van der Waals surface area contributed by atoms with Gasteiger partial charge in [0, 0.05) is 10.8 Å². The highest BCUT2D eigenvalue weighted by Gasteiger charge is 2.19. The molecule has 0 heterocycles. The summed E-state index contributed by atoms with van der Waals surface area (Å²) in [6.07, 6.45) is 0. The summed E-state index contributed by atoms with van der Waals surface area (Å²) in [6, 6.07) is 4.00. The van der Waals surface area contributed by atoms with Crippen molar-refractivity contribution < 1.29 is 17.6 Å². The van der Waals surface area contributed by atoms with Gasteiger partial charge in [0.2, 0.25) is 0 Å². The van der Waals surface area contributed by atoms with E-state index in [-0.39, 0.29) is 10.8 Å². The van der Waals surface area contributed by atoms with Gasteiger partial charge in [0.05, 0.1) is 0 Å². The van der Waals surface area contributed by atoms with Crippen molar-refractivity contribution in [2.24, 2.45) is 0 Å². The lowest BCUT2D eigenvalue weighted by molar-refractivity contribution is 0.418. The molecule has 0 nitrogen and oxygen atoms in total. The van der Waals surface area contributed by atoms with Crippen LogP contribution < -0.4 is 5.46 Å². The SMILES string of the molecule is Bc1ccc2c(F)c(F)c(F)c(F)c2c1. The van der Waals surface area contributed by atoms with E-state index in [0.29, 0.717) is 5.46 Å². The molecule has 0 amide bonds. The van der Waals surface area contributed by atoms with Gasteiger partial charge in [-0.1, -0.05) is 23.7 Å². The Morgan fingerprint density at radius 1 is 0.733 bits per heavy atom. The summed E-state index contributed by atoms with van der Waals surface area (Å²) < 4.78 is 52.1. The quantitative estimate of drug-likeness (QED) is 0.269. The van der Waals surface area contributed by atoms with Gasteiger partial charge in [-0.2, -0.15) is 0 Å². The van der Waals surface area contributed by atoms with Crippen molar-refractivity contribution in [3.8, 4) is 0 Å². The summed E-state index contributed by atoms with van der Waals surface area (Å²) in [7, 11) is 1.65. The second-order valence-electron chi connectivity index (χ2n) is 3.30. The van der Waals surface area contributed by atoms with Crippen molar-refractivity contribution in [1.29, 1.82) is 0 Å². The molecule has 0 aliphatic heterocycles. The van der Waals surface area contributed by atoms with Crippen molar-refractivity contribution in [3.05, 3.63) is 41.5 Å². The molecule has 0 aromatic heterocycles. The molecule has 0 spiro atoms. The summed E-state index contributed by atoms with van der Waals surface area (Å²) in [5.41, 5.74) is 0.645. The molecule has 2 rings (SSSR count). The minimum Gasteiger partial charge on any atom is -0.203 e. The minimum absolute atomic E-state index is 0.244. The lowest BCUT2D eigenvalue weighted by Gasteiger charge is -2.05. The van der Waals surface area contributed by atoms with E-state index in [2.05, 4.69) is 0 Å². The number of hydrogen-bond donors (Lipinski definition) is 0. The molecule has 0 fully saturated rings. The third kappa shape index (κ3) is 1.38. The van der Waals surface area contributed by atoms with Crippen molar-refractivity contribution in [2.75, 3.05) is 0 Å². The summed E-state index contributed by atoms with van der Waals surface area (Å²) in [5, 5.41) is -0.497. The molecule has 76 valence electrons. The molecule has 0 N–H and O–H groups in total. The fourth-order valence-electron chi connectivity index (χ4n) is 1.46. The number of benzene rings is 2. The van der Waals surface area contributed by atoms with Crippen molar-refractivity contribution in [1.82, 2.24) is 0 Å². The monoisotopic (exact) mass is 212 g/mol. The maximum absolute atomic E-state index is 13.2. The van der Waals surface area contributed by atoms with E-state index in [9.17, 15) is 17.6 Å². The maximum Gasteiger partial charge on any atom is 0.198 e. The molecular formula is C10H5BF4. The Bertz CT molecular complexity index is 551. The zero-order chi connectivity index (χ0) is 11.2. The second kappa shape index (κ2) is 3.26. The zero-order valence-corrected chi connectivity index (χ0v) is 7.74. The summed E-state index contributed by atoms with van der Waals surface area (Å²) >= 11 is 0. The topological polar surface area (TPSA) is 0 Å². The first-order valence-electron chi connectivity index (χ1n) is 4.24. The van der Waals surface area contributed by atoms with E-state index in [1.807, 2.05) is 0 Å². The van der Waals surface area contributed by atoms with Gasteiger partial charge in [-0.3, -0.25) is 0 Å². The predicted molar refractivity (Wildman–Crippen MR) is 52.0 cm³/mol. The average molecular weight is 212 g/mol. The molecule has 0 saturated carbocycles. The highest BCUT2D eigenvalue weighted by Crippen LogP contribution is 2.25. The van der Waals surface area contributed by atoms with Crippen LogP contribution in [0.25, 0.3) is 10.8 Å². The molecule has 0 unspecified atom stereocenters. The van der Waals surface area contributed by atoms with Gasteiger partial charge < -0.3 is 0 Å². The normalized spacial score (nSPS) is 10.9. The lowest BCUT2D eigenvalue weighted by Crippen LogP contribution is -2.04. The first-order chi connectivity index (χ1) is 7.02. The molecule has 5 heteroatoms. The third-order valence-electron chi connectivity index (χ3n) is 2.23. The van der Waals surface area contributed by atoms with Crippen LogP contribution in [-0.2, 0) is 0 Å². The van der Waals surface area contributed by atoms with E-state index in [4.69, 9.17) is 0 Å². The van der Waals surface area contributed by atoms with Crippen LogP contribution in [-0.4, -0.2) is 7.85 Å². The Kier molecular flexibility index (Phi) is 2.18. The van der Waals surface area contributed by atoms with Gasteiger partial charge >= 0.3 is 0 Å². The van der Waals surface area contributed by atoms with Crippen LogP contribution in [0.1, 0.15) is 0 Å². The van der Waals surface area contributed by atoms with Gasteiger partial charge in [0.1, 0.15) is 7.85 Å². The first kappa shape index (κ1) is 10.0. The largest absolute Gasteiger partial charge is 0.203 e. The van der Waals surface area contributed by atoms with E-state index in [1.165, 1.54) is 18.2 Å².